The van der Waals surface area contributed by atoms with E-state index >= 15 is 0 Å². The van der Waals surface area contributed by atoms with Gasteiger partial charge >= 0.3 is 0 Å². The predicted molar refractivity (Wildman–Crippen MR) is 103 cm³/mol. The largest absolute Gasteiger partial charge is 0.493 e. The third-order valence-corrected chi connectivity index (χ3v) is 4.25. The minimum absolute atomic E-state index is 0.00158. The Kier molecular flexibility index (Phi) is 4.19. The van der Waals surface area contributed by atoms with E-state index in [2.05, 4.69) is 25.2 Å². The summed E-state index contributed by atoms with van der Waals surface area (Å²) < 4.78 is -1.79. The number of azo groups is 1. The van der Waals surface area contributed by atoms with Gasteiger partial charge in [0.25, 0.3) is 0 Å². The van der Waals surface area contributed by atoms with Crippen LogP contribution in [0.1, 0.15) is 5.82 Å². The van der Waals surface area contributed by atoms with Crippen LogP contribution in [-0.2, 0) is 3.79 Å². The normalized spacial score (nSPS) is 12.4. The quantitative estimate of drug-likeness (QED) is 0.313. The van der Waals surface area contributed by atoms with Crippen LogP contribution in [0.15, 0.2) is 58.8 Å². The zero-order valence-corrected chi connectivity index (χ0v) is 15.3. The number of alkyl halides is 3. The lowest BCUT2D eigenvalue weighted by Crippen LogP contribution is -2.07. The van der Waals surface area contributed by atoms with E-state index in [1.54, 1.807) is 12.1 Å². The van der Waals surface area contributed by atoms with E-state index in [-0.39, 0.29) is 17.5 Å². The highest BCUT2D eigenvalue weighted by atomic mass is 35.6. The molecule has 0 saturated heterocycles. The average Bonchev–Trinajstić information content (AvgIpc) is 2.94. The van der Waals surface area contributed by atoms with Crippen molar-refractivity contribution in [2.24, 2.45) is 10.2 Å². The lowest BCUT2D eigenvalue weighted by Gasteiger charge is -2.10. The fraction of sp³-hybridized carbons (Fsp3) is 0.0588. The average molecular weight is 407 g/mol. The van der Waals surface area contributed by atoms with Gasteiger partial charge < -0.3 is 10.1 Å². The molecule has 0 fully saturated rings. The Balaban J connectivity index is 1.88. The Hall–Kier alpha value is -2.41. The number of para-hydroxylation sites is 2. The van der Waals surface area contributed by atoms with E-state index in [9.17, 15) is 5.11 Å². The summed E-state index contributed by atoms with van der Waals surface area (Å²) in [6.45, 7) is 0. The Morgan fingerprint density at radius 1 is 0.885 bits per heavy atom. The summed E-state index contributed by atoms with van der Waals surface area (Å²) in [5, 5.41) is 19.8. The van der Waals surface area contributed by atoms with Gasteiger partial charge in [-0.2, -0.15) is 0 Å². The molecule has 130 valence electrons. The zero-order chi connectivity index (χ0) is 18.3. The van der Waals surface area contributed by atoms with Gasteiger partial charge in [0, 0.05) is 10.8 Å². The number of halogens is 3. The van der Waals surface area contributed by atoms with Gasteiger partial charge in [-0.1, -0.05) is 65.1 Å². The second-order valence-electron chi connectivity index (χ2n) is 5.45. The first-order valence-corrected chi connectivity index (χ1v) is 8.62. The van der Waals surface area contributed by atoms with Crippen LogP contribution in [0.25, 0.3) is 21.8 Å². The smallest absolute Gasteiger partial charge is 0.250 e. The molecule has 4 aromatic rings. The zero-order valence-electron chi connectivity index (χ0n) is 13.0. The van der Waals surface area contributed by atoms with Gasteiger partial charge in [-0.25, -0.2) is 9.97 Å². The second-order valence-corrected chi connectivity index (χ2v) is 7.73. The molecule has 6 nitrogen and oxygen atoms in total. The Bertz CT molecular complexity index is 1150. The number of rotatable bonds is 2. The van der Waals surface area contributed by atoms with Crippen molar-refractivity contribution in [1.82, 2.24) is 15.0 Å². The lowest BCUT2D eigenvalue weighted by atomic mass is 10.2. The number of benzene rings is 2. The van der Waals surface area contributed by atoms with E-state index in [0.717, 1.165) is 10.9 Å². The summed E-state index contributed by atoms with van der Waals surface area (Å²) >= 11 is 17.8. The fourth-order valence-electron chi connectivity index (χ4n) is 2.57. The standard InChI is InChI=1S/C17H10Cl3N5O/c18-17(19,20)16-22-12-8-4-2-6-10(12)14(23-16)25-24-13-9-5-1-3-7-11(9)21-15(13)26/h1-8,21,26H. The lowest BCUT2D eigenvalue weighted by molar-refractivity contribution is 0.459. The Morgan fingerprint density at radius 3 is 2.35 bits per heavy atom. The highest BCUT2D eigenvalue weighted by molar-refractivity contribution is 6.66. The fourth-order valence-corrected chi connectivity index (χ4v) is 2.83. The maximum Gasteiger partial charge on any atom is 0.250 e. The first-order chi connectivity index (χ1) is 12.4. The monoisotopic (exact) mass is 405 g/mol. The minimum Gasteiger partial charge on any atom is -0.493 e. The molecule has 0 spiro atoms. The molecule has 9 heteroatoms. The topological polar surface area (TPSA) is 86.5 Å². The number of hydrogen-bond donors (Lipinski definition) is 2. The molecule has 2 aromatic carbocycles. The summed E-state index contributed by atoms with van der Waals surface area (Å²) in [6, 6.07) is 14.5. The van der Waals surface area contributed by atoms with Gasteiger partial charge in [0.05, 0.1) is 11.0 Å². The molecule has 2 N–H and O–H groups in total. The van der Waals surface area contributed by atoms with E-state index in [4.69, 9.17) is 34.8 Å². The molecule has 0 aliphatic heterocycles. The van der Waals surface area contributed by atoms with Gasteiger partial charge in [-0.15, -0.1) is 10.2 Å². The molecule has 0 unspecified atom stereocenters. The van der Waals surface area contributed by atoms with Crippen LogP contribution in [0.4, 0.5) is 11.5 Å². The van der Waals surface area contributed by atoms with Crippen LogP contribution in [0, 0.1) is 0 Å². The summed E-state index contributed by atoms with van der Waals surface area (Å²) in [7, 11) is 0. The second kappa shape index (κ2) is 6.39. The number of H-pyrrole nitrogens is 1. The van der Waals surface area contributed by atoms with Crippen molar-refractivity contribution in [3.05, 3.63) is 54.4 Å². The van der Waals surface area contributed by atoms with E-state index < -0.39 is 3.79 Å². The highest BCUT2D eigenvalue weighted by Crippen LogP contribution is 2.39. The Morgan fingerprint density at radius 2 is 1.58 bits per heavy atom. The number of aromatic nitrogens is 3. The molecule has 26 heavy (non-hydrogen) atoms. The molecule has 0 bridgehead atoms. The van der Waals surface area contributed by atoms with Crippen molar-refractivity contribution >= 4 is 68.1 Å². The summed E-state index contributed by atoms with van der Waals surface area (Å²) in [5.74, 6) is 0.148. The minimum atomic E-state index is -1.79. The van der Waals surface area contributed by atoms with Crippen molar-refractivity contribution in [2.45, 2.75) is 3.79 Å². The first-order valence-electron chi connectivity index (χ1n) is 7.49. The third-order valence-electron chi connectivity index (χ3n) is 3.74. The number of hydrogen-bond acceptors (Lipinski definition) is 5. The van der Waals surface area contributed by atoms with Crippen molar-refractivity contribution < 1.29 is 5.11 Å². The Labute approximate surface area is 162 Å². The predicted octanol–water partition coefficient (Wildman–Crippen LogP) is 6.06. The molecule has 4 rings (SSSR count). The highest BCUT2D eigenvalue weighted by Gasteiger charge is 2.28. The molecule has 0 aliphatic carbocycles. The van der Waals surface area contributed by atoms with Gasteiger partial charge in [0.2, 0.25) is 9.67 Å². The van der Waals surface area contributed by atoms with Crippen LogP contribution in [0.2, 0.25) is 0 Å². The molecular formula is C17H10Cl3N5O. The molecule has 0 atom stereocenters. The number of fused-ring (bicyclic) bond motifs is 2. The van der Waals surface area contributed by atoms with Crippen LogP contribution >= 0.6 is 34.8 Å². The molecular weight excluding hydrogens is 397 g/mol. The number of aromatic hydroxyl groups is 1. The first kappa shape index (κ1) is 17.0. The summed E-state index contributed by atoms with van der Waals surface area (Å²) in [4.78, 5) is 11.3. The van der Waals surface area contributed by atoms with E-state index in [1.807, 2.05) is 36.4 Å². The van der Waals surface area contributed by atoms with Crippen LogP contribution in [0.3, 0.4) is 0 Å². The SMILES string of the molecule is Oc1[nH]c2ccccc2c1N=Nc1nc(C(Cl)(Cl)Cl)nc2ccccc12. The van der Waals surface area contributed by atoms with Gasteiger partial charge in [0.15, 0.2) is 17.3 Å². The number of aromatic amines is 1. The molecule has 0 aliphatic rings. The molecule has 2 aromatic heterocycles. The number of nitrogens with one attached hydrogen (secondary N) is 1. The summed E-state index contributed by atoms with van der Waals surface area (Å²) in [5.41, 5.74) is 1.62. The van der Waals surface area contributed by atoms with Crippen molar-refractivity contribution in [1.29, 1.82) is 0 Å². The molecule has 2 heterocycles. The van der Waals surface area contributed by atoms with Crippen molar-refractivity contribution in [2.75, 3.05) is 0 Å². The van der Waals surface area contributed by atoms with Gasteiger partial charge in [-0.05, 0) is 18.2 Å². The van der Waals surface area contributed by atoms with Crippen molar-refractivity contribution in [3.63, 3.8) is 0 Å². The molecule has 0 amide bonds. The third kappa shape index (κ3) is 3.07. The van der Waals surface area contributed by atoms with Crippen molar-refractivity contribution in [3.8, 4) is 5.88 Å². The van der Waals surface area contributed by atoms with E-state index in [0.29, 0.717) is 16.6 Å². The van der Waals surface area contributed by atoms with Crippen LogP contribution < -0.4 is 0 Å². The maximum absolute atomic E-state index is 10.1. The molecule has 0 saturated carbocycles. The number of nitrogens with zero attached hydrogens (tertiary/aromatic N) is 4. The van der Waals surface area contributed by atoms with Gasteiger partial charge in [-0.3, -0.25) is 0 Å². The van der Waals surface area contributed by atoms with E-state index in [1.165, 1.54) is 0 Å². The maximum atomic E-state index is 10.1. The van der Waals surface area contributed by atoms with Crippen LogP contribution in [-0.4, -0.2) is 20.1 Å². The van der Waals surface area contributed by atoms with Gasteiger partial charge in [0.1, 0.15) is 0 Å². The summed E-state index contributed by atoms with van der Waals surface area (Å²) in [6.07, 6.45) is 0. The molecule has 0 radical (unpaired) electrons. The van der Waals surface area contributed by atoms with Crippen LogP contribution in [0.5, 0.6) is 5.88 Å².